The maximum atomic E-state index is 11.7. The van der Waals surface area contributed by atoms with E-state index >= 15 is 0 Å². The Morgan fingerprint density at radius 1 is 1.43 bits per heavy atom. The molecule has 1 aliphatic rings. The van der Waals surface area contributed by atoms with Gasteiger partial charge in [0.05, 0.1) is 25.1 Å². The van der Waals surface area contributed by atoms with Crippen molar-refractivity contribution in [3.63, 3.8) is 0 Å². The number of rotatable bonds is 9. The summed E-state index contributed by atoms with van der Waals surface area (Å²) < 4.78 is 6.97. The number of ether oxygens (including phenoxy) is 1. The minimum Gasteiger partial charge on any atom is -0.476 e. The smallest absolute Gasteiger partial charge is 0.357 e. The number of aromatic nitrogens is 2. The topological polar surface area (TPSA) is 132 Å². The maximum absolute atomic E-state index is 11.7. The van der Waals surface area contributed by atoms with E-state index in [9.17, 15) is 9.59 Å². The van der Waals surface area contributed by atoms with Gasteiger partial charge in [-0.05, 0) is 43.2 Å². The molecule has 0 unspecified atom stereocenters. The Kier molecular flexibility index (Phi) is 6.03. The molecule has 1 fully saturated rings. The Bertz CT molecular complexity index is 943. The predicted molar refractivity (Wildman–Crippen MR) is 104 cm³/mol. The van der Waals surface area contributed by atoms with Crippen molar-refractivity contribution in [1.82, 2.24) is 9.38 Å². The van der Waals surface area contributed by atoms with Crippen LogP contribution in [0.25, 0.3) is 5.65 Å². The summed E-state index contributed by atoms with van der Waals surface area (Å²) in [5, 5.41) is 12.1. The molecule has 1 saturated carbocycles. The normalized spacial score (nSPS) is 14.7. The van der Waals surface area contributed by atoms with E-state index in [-0.39, 0.29) is 18.2 Å². The molecule has 0 bridgehead atoms. The quantitative estimate of drug-likeness (QED) is 0.292. The van der Waals surface area contributed by atoms with Crippen LogP contribution >= 0.6 is 0 Å². The Balaban J connectivity index is 1.82. The monoisotopic (exact) mass is 385 g/mol. The second-order valence-corrected chi connectivity index (χ2v) is 6.63. The van der Waals surface area contributed by atoms with E-state index < -0.39 is 5.97 Å². The standard InChI is InChI=1S/C19H23N5O4/c1-2-28-17(25)6-5-13-7-14(12-3-4-12)10-24-11-15(22-18(13)24)8-21-9-16(23-20)19(26)27/h7,9-12H,2-6,8,20H2,1H3,(H,26,27)/b21-9?,23-16+. The third-order valence-electron chi connectivity index (χ3n) is 4.48. The van der Waals surface area contributed by atoms with Gasteiger partial charge in [0.1, 0.15) is 5.65 Å². The van der Waals surface area contributed by atoms with Gasteiger partial charge < -0.3 is 20.1 Å². The zero-order valence-corrected chi connectivity index (χ0v) is 15.7. The first-order chi connectivity index (χ1) is 13.5. The lowest BCUT2D eigenvalue weighted by Gasteiger charge is -2.07. The van der Waals surface area contributed by atoms with E-state index in [1.807, 2.05) is 10.6 Å². The maximum Gasteiger partial charge on any atom is 0.357 e. The molecule has 0 atom stereocenters. The van der Waals surface area contributed by atoms with E-state index in [0.29, 0.717) is 31.1 Å². The minimum absolute atomic E-state index is 0.198. The molecule has 1 aliphatic carbocycles. The third-order valence-corrected chi connectivity index (χ3v) is 4.48. The molecule has 0 amide bonds. The number of aryl methyl sites for hydroxylation is 1. The highest BCUT2D eigenvalue weighted by molar-refractivity contribution is 6.58. The number of carbonyl (C=O) groups is 2. The Morgan fingerprint density at radius 3 is 2.86 bits per heavy atom. The van der Waals surface area contributed by atoms with Crippen LogP contribution in [-0.2, 0) is 27.3 Å². The van der Waals surface area contributed by atoms with Crippen LogP contribution in [0, 0.1) is 0 Å². The number of carboxylic acid groups (broad SMARTS) is 1. The van der Waals surface area contributed by atoms with Gasteiger partial charge in [0.2, 0.25) is 0 Å². The summed E-state index contributed by atoms with van der Waals surface area (Å²) >= 11 is 0. The van der Waals surface area contributed by atoms with Crippen molar-refractivity contribution in [1.29, 1.82) is 0 Å². The van der Waals surface area contributed by atoms with E-state index in [1.165, 1.54) is 18.4 Å². The average Bonchev–Trinajstić information content (AvgIpc) is 3.43. The van der Waals surface area contributed by atoms with E-state index in [1.54, 1.807) is 6.92 Å². The number of aliphatic carboxylic acids is 1. The van der Waals surface area contributed by atoms with Crippen LogP contribution in [0.15, 0.2) is 28.6 Å². The predicted octanol–water partition coefficient (Wildman–Crippen LogP) is 1.68. The first kappa shape index (κ1) is 19.5. The zero-order chi connectivity index (χ0) is 20.1. The van der Waals surface area contributed by atoms with Gasteiger partial charge in [0.15, 0.2) is 5.71 Å². The number of hydrogen-bond donors (Lipinski definition) is 2. The molecule has 0 spiro atoms. The van der Waals surface area contributed by atoms with Gasteiger partial charge in [-0.25, -0.2) is 9.78 Å². The molecule has 148 valence electrons. The summed E-state index contributed by atoms with van der Waals surface area (Å²) in [4.78, 5) is 31.3. The molecule has 9 heteroatoms. The van der Waals surface area contributed by atoms with Crippen molar-refractivity contribution in [3.05, 3.63) is 35.3 Å². The van der Waals surface area contributed by atoms with Gasteiger partial charge in [0.25, 0.3) is 0 Å². The molecular weight excluding hydrogens is 362 g/mol. The second kappa shape index (κ2) is 8.64. The van der Waals surface area contributed by atoms with Crippen molar-refractivity contribution >= 4 is 29.5 Å². The Labute approximate surface area is 161 Å². The number of hydrogen-bond acceptors (Lipinski definition) is 7. The fourth-order valence-electron chi connectivity index (χ4n) is 2.98. The number of esters is 1. The van der Waals surface area contributed by atoms with Crippen LogP contribution in [-0.4, -0.2) is 45.0 Å². The molecule has 0 aliphatic heterocycles. The molecule has 3 rings (SSSR count). The minimum atomic E-state index is -1.24. The highest BCUT2D eigenvalue weighted by atomic mass is 16.5. The lowest BCUT2D eigenvalue weighted by Crippen LogP contribution is -2.16. The van der Waals surface area contributed by atoms with Gasteiger partial charge in [0, 0.05) is 18.8 Å². The van der Waals surface area contributed by atoms with Crippen molar-refractivity contribution in [2.45, 2.75) is 45.1 Å². The molecular formula is C19H23N5O4. The van der Waals surface area contributed by atoms with Gasteiger partial charge in [-0.2, -0.15) is 5.10 Å². The van der Waals surface area contributed by atoms with E-state index in [0.717, 1.165) is 17.4 Å². The summed E-state index contributed by atoms with van der Waals surface area (Å²) in [7, 11) is 0. The van der Waals surface area contributed by atoms with Crippen molar-refractivity contribution in [2.24, 2.45) is 15.9 Å². The number of fused-ring (bicyclic) bond motifs is 1. The van der Waals surface area contributed by atoms with Crippen molar-refractivity contribution in [2.75, 3.05) is 6.61 Å². The number of aliphatic imine (C=N–C) groups is 1. The number of nitrogens with two attached hydrogens (primary N) is 1. The second-order valence-electron chi connectivity index (χ2n) is 6.63. The number of hydrazone groups is 1. The summed E-state index contributed by atoms with van der Waals surface area (Å²) in [6.45, 7) is 2.35. The zero-order valence-electron chi connectivity index (χ0n) is 15.7. The van der Waals surface area contributed by atoms with Crippen LogP contribution in [0.4, 0.5) is 0 Å². The summed E-state index contributed by atoms with van der Waals surface area (Å²) in [5.41, 5.74) is 3.35. The number of pyridine rings is 1. The molecule has 0 saturated heterocycles. The third kappa shape index (κ3) is 4.73. The number of imidazole rings is 1. The van der Waals surface area contributed by atoms with E-state index in [2.05, 4.69) is 27.3 Å². The van der Waals surface area contributed by atoms with Gasteiger partial charge in [-0.3, -0.25) is 9.79 Å². The first-order valence-electron chi connectivity index (χ1n) is 9.18. The number of carbonyl (C=O) groups excluding carboxylic acids is 1. The lowest BCUT2D eigenvalue weighted by atomic mass is 10.1. The van der Waals surface area contributed by atoms with Crippen LogP contribution < -0.4 is 5.84 Å². The van der Waals surface area contributed by atoms with Crippen molar-refractivity contribution < 1.29 is 19.4 Å². The number of carboxylic acids is 1. The number of nitrogens with zero attached hydrogens (tertiary/aromatic N) is 4. The van der Waals surface area contributed by atoms with Crippen molar-refractivity contribution in [3.8, 4) is 0 Å². The first-order valence-corrected chi connectivity index (χ1v) is 9.18. The van der Waals surface area contributed by atoms with Gasteiger partial charge in [-0.15, -0.1) is 0 Å². The summed E-state index contributed by atoms with van der Waals surface area (Å²) in [6, 6.07) is 2.12. The molecule has 2 aromatic heterocycles. The highest BCUT2D eigenvalue weighted by Gasteiger charge is 2.25. The molecule has 0 radical (unpaired) electrons. The molecule has 28 heavy (non-hydrogen) atoms. The molecule has 9 nitrogen and oxygen atoms in total. The lowest BCUT2D eigenvalue weighted by molar-refractivity contribution is -0.143. The summed E-state index contributed by atoms with van der Waals surface area (Å²) in [5.74, 6) is 4.12. The van der Waals surface area contributed by atoms with Gasteiger partial charge in [-0.1, -0.05) is 6.07 Å². The largest absolute Gasteiger partial charge is 0.476 e. The fraction of sp³-hybridized carbons (Fsp3) is 0.421. The van der Waals surface area contributed by atoms with E-state index in [4.69, 9.17) is 15.7 Å². The Morgan fingerprint density at radius 2 is 2.21 bits per heavy atom. The van der Waals surface area contributed by atoms with Crippen LogP contribution in [0.5, 0.6) is 0 Å². The molecule has 3 N–H and O–H groups in total. The molecule has 2 heterocycles. The van der Waals surface area contributed by atoms with Crippen LogP contribution in [0.3, 0.4) is 0 Å². The Hall–Kier alpha value is -3.23. The van der Waals surface area contributed by atoms with Crippen LogP contribution in [0.1, 0.15) is 48.9 Å². The average molecular weight is 385 g/mol. The SMILES string of the molecule is CCOC(=O)CCc1cc(C2CC2)cn2cc(CN=C/C(=N\N)C(=O)O)nc12. The highest BCUT2D eigenvalue weighted by Crippen LogP contribution is 2.40. The molecule has 2 aromatic rings. The fourth-order valence-corrected chi connectivity index (χ4v) is 2.98. The van der Waals surface area contributed by atoms with Gasteiger partial charge >= 0.3 is 11.9 Å². The van der Waals surface area contributed by atoms with Crippen LogP contribution in [0.2, 0.25) is 0 Å². The summed E-state index contributed by atoms with van der Waals surface area (Å²) in [6.07, 6.45) is 8.23. The molecule has 0 aromatic carbocycles.